The van der Waals surface area contributed by atoms with Crippen LogP contribution in [0.2, 0.25) is 0 Å². The van der Waals surface area contributed by atoms with E-state index in [1.165, 1.54) is 0 Å². The van der Waals surface area contributed by atoms with Crippen LogP contribution < -0.4 is 10.6 Å². The number of carbonyl (C=O) groups excluding carboxylic acids is 2. The topological polar surface area (TPSA) is 134 Å². The third-order valence-electron chi connectivity index (χ3n) is 4.12. The molecule has 0 radical (unpaired) electrons. The number of hydrogen-bond acceptors (Lipinski definition) is 8. The molecule has 1 aromatic rings. The van der Waals surface area contributed by atoms with Gasteiger partial charge in [0.2, 0.25) is 11.9 Å². The molecule has 0 unspecified atom stereocenters. The molecule has 0 aliphatic carbocycles. The molecule has 26 heavy (non-hydrogen) atoms. The van der Waals surface area contributed by atoms with Crippen LogP contribution in [0.3, 0.4) is 0 Å². The van der Waals surface area contributed by atoms with Crippen molar-refractivity contribution in [2.45, 2.75) is 25.9 Å². The van der Waals surface area contributed by atoms with Gasteiger partial charge in [-0.05, 0) is 6.92 Å². The van der Waals surface area contributed by atoms with E-state index in [0.717, 1.165) is 25.2 Å². The van der Waals surface area contributed by atoms with Gasteiger partial charge in [0, 0.05) is 56.0 Å². The lowest BCUT2D eigenvalue weighted by Gasteiger charge is -2.16. The first-order valence-corrected chi connectivity index (χ1v) is 8.35. The van der Waals surface area contributed by atoms with Gasteiger partial charge >= 0.3 is 5.97 Å². The van der Waals surface area contributed by atoms with Crippen LogP contribution in [0.4, 0.5) is 5.95 Å². The lowest BCUT2D eigenvalue weighted by Crippen LogP contribution is -2.32. The van der Waals surface area contributed by atoms with Crippen LogP contribution in [-0.4, -0.2) is 70.6 Å². The molecule has 10 nitrogen and oxygen atoms in total. The Labute approximate surface area is 150 Å². The number of ether oxygens (including phenoxy) is 1. The van der Waals surface area contributed by atoms with Crippen molar-refractivity contribution in [2.24, 2.45) is 5.92 Å². The standard InChI is InChI=1S/C15H21N5O3.CH2O2/c1-2-23-14(22)6-18-15-16-4-10(5-17-15)7-20-8-11-3-13(21)19-12(11)9-20;2-1-3/h4-5,11-12H,2-3,6-9H2,1H3,(H,19,21)(H,16,17,18);1H,(H,2,3)/t11-,12+;/m0./s1. The molecule has 2 aliphatic heterocycles. The lowest BCUT2D eigenvalue weighted by atomic mass is 10.1. The molecular weight excluding hydrogens is 342 g/mol. The molecule has 142 valence electrons. The van der Waals surface area contributed by atoms with E-state index in [-0.39, 0.29) is 30.9 Å². The highest BCUT2D eigenvalue weighted by Gasteiger charge is 2.39. The molecule has 0 spiro atoms. The van der Waals surface area contributed by atoms with E-state index in [0.29, 0.717) is 24.9 Å². The minimum atomic E-state index is -0.328. The Morgan fingerprint density at radius 2 is 2.15 bits per heavy atom. The highest BCUT2D eigenvalue weighted by Crippen LogP contribution is 2.26. The number of fused-ring (bicyclic) bond motifs is 1. The largest absolute Gasteiger partial charge is 0.483 e. The minimum Gasteiger partial charge on any atom is -0.483 e. The van der Waals surface area contributed by atoms with E-state index in [4.69, 9.17) is 14.6 Å². The first-order chi connectivity index (χ1) is 12.5. The van der Waals surface area contributed by atoms with E-state index < -0.39 is 0 Å². The van der Waals surface area contributed by atoms with Crippen LogP contribution in [0, 0.1) is 5.92 Å². The molecule has 1 amide bonds. The van der Waals surface area contributed by atoms with E-state index in [1.54, 1.807) is 19.3 Å². The maximum absolute atomic E-state index is 11.3. The number of aromatic nitrogens is 2. The number of esters is 1. The van der Waals surface area contributed by atoms with Crippen LogP contribution in [0.5, 0.6) is 0 Å². The maximum Gasteiger partial charge on any atom is 0.325 e. The zero-order valence-corrected chi connectivity index (χ0v) is 14.6. The van der Waals surface area contributed by atoms with Crippen molar-refractivity contribution in [2.75, 3.05) is 31.6 Å². The van der Waals surface area contributed by atoms with E-state index in [9.17, 15) is 9.59 Å². The Kier molecular flexibility index (Phi) is 7.27. The second-order valence-corrected chi connectivity index (χ2v) is 6.01. The fourth-order valence-corrected chi connectivity index (χ4v) is 3.11. The number of anilines is 1. The summed E-state index contributed by atoms with van der Waals surface area (Å²) in [5.74, 6) is 0.673. The smallest absolute Gasteiger partial charge is 0.325 e. The number of hydrogen-bond donors (Lipinski definition) is 3. The van der Waals surface area contributed by atoms with Crippen LogP contribution in [0.15, 0.2) is 12.4 Å². The van der Waals surface area contributed by atoms with Gasteiger partial charge in [-0.2, -0.15) is 0 Å². The Morgan fingerprint density at radius 3 is 2.77 bits per heavy atom. The number of likely N-dealkylation sites (tertiary alicyclic amines) is 1. The predicted octanol–water partition coefficient (Wildman–Crippen LogP) is -0.527. The summed E-state index contributed by atoms with van der Waals surface area (Å²) in [5, 5.41) is 12.7. The molecule has 3 rings (SSSR count). The van der Waals surface area contributed by atoms with Crippen molar-refractivity contribution < 1.29 is 24.2 Å². The molecule has 0 saturated carbocycles. The molecule has 3 heterocycles. The zero-order chi connectivity index (χ0) is 18.9. The lowest BCUT2D eigenvalue weighted by molar-refractivity contribution is -0.141. The normalized spacial score (nSPS) is 21.2. The van der Waals surface area contributed by atoms with Crippen LogP contribution in [0.25, 0.3) is 0 Å². The third-order valence-corrected chi connectivity index (χ3v) is 4.12. The number of amides is 1. The average molecular weight is 365 g/mol. The van der Waals surface area contributed by atoms with Crippen molar-refractivity contribution >= 4 is 24.3 Å². The molecule has 2 saturated heterocycles. The van der Waals surface area contributed by atoms with Gasteiger partial charge in [-0.25, -0.2) is 9.97 Å². The number of carbonyl (C=O) groups is 3. The Bertz CT molecular complexity index is 608. The monoisotopic (exact) mass is 365 g/mol. The Morgan fingerprint density at radius 1 is 1.46 bits per heavy atom. The Balaban J connectivity index is 0.000000758. The summed E-state index contributed by atoms with van der Waals surface area (Å²) in [5.41, 5.74) is 1.01. The van der Waals surface area contributed by atoms with Gasteiger partial charge in [-0.15, -0.1) is 0 Å². The van der Waals surface area contributed by atoms with E-state index >= 15 is 0 Å². The van der Waals surface area contributed by atoms with Gasteiger partial charge in [-0.3, -0.25) is 19.3 Å². The molecule has 2 aliphatic rings. The van der Waals surface area contributed by atoms with Crippen molar-refractivity contribution in [3.63, 3.8) is 0 Å². The molecule has 2 fully saturated rings. The molecule has 2 atom stereocenters. The second kappa shape index (κ2) is 9.66. The van der Waals surface area contributed by atoms with Crippen LogP contribution in [0.1, 0.15) is 18.9 Å². The minimum absolute atomic E-state index is 0.0579. The summed E-state index contributed by atoms with van der Waals surface area (Å²) in [4.78, 5) is 41.7. The first-order valence-electron chi connectivity index (χ1n) is 8.35. The Hall–Kier alpha value is -2.75. The molecule has 0 aromatic carbocycles. The predicted molar refractivity (Wildman–Crippen MR) is 91.2 cm³/mol. The van der Waals surface area contributed by atoms with Gasteiger partial charge in [0.05, 0.1) is 6.61 Å². The molecule has 0 bridgehead atoms. The number of carboxylic acid groups (broad SMARTS) is 1. The summed E-state index contributed by atoms with van der Waals surface area (Å²) < 4.78 is 4.83. The maximum atomic E-state index is 11.3. The average Bonchev–Trinajstić information content (AvgIpc) is 3.12. The van der Waals surface area contributed by atoms with E-state index in [1.807, 2.05) is 0 Å². The summed E-state index contributed by atoms with van der Waals surface area (Å²) in [6.45, 7) is 4.49. The molecule has 10 heteroatoms. The summed E-state index contributed by atoms with van der Waals surface area (Å²) in [6, 6.07) is 0.286. The van der Waals surface area contributed by atoms with Crippen LogP contribution >= 0.6 is 0 Å². The van der Waals surface area contributed by atoms with E-state index in [2.05, 4.69) is 25.5 Å². The third kappa shape index (κ3) is 5.66. The van der Waals surface area contributed by atoms with Crippen LogP contribution in [-0.2, 0) is 25.7 Å². The van der Waals surface area contributed by atoms with Crippen molar-refractivity contribution in [3.05, 3.63) is 18.0 Å². The van der Waals surface area contributed by atoms with Crippen molar-refractivity contribution in [1.82, 2.24) is 20.2 Å². The van der Waals surface area contributed by atoms with Crippen molar-refractivity contribution in [1.29, 1.82) is 0 Å². The number of rotatable bonds is 6. The highest BCUT2D eigenvalue weighted by molar-refractivity contribution is 5.79. The van der Waals surface area contributed by atoms with Gasteiger partial charge in [0.25, 0.3) is 6.47 Å². The van der Waals surface area contributed by atoms with Gasteiger partial charge < -0.3 is 20.5 Å². The highest BCUT2D eigenvalue weighted by atomic mass is 16.5. The number of nitrogens with one attached hydrogen (secondary N) is 2. The summed E-state index contributed by atoms with van der Waals surface area (Å²) >= 11 is 0. The molecular formula is C16H23N5O5. The molecule has 3 N–H and O–H groups in total. The van der Waals surface area contributed by atoms with Crippen molar-refractivity contribution in [3.8, 4) is 0 Å². The second-order valence-electron chi connectivity index (χ2n) is 6.01. The van der Waals surface area contributed by atoms with Gasteiger partial charge in [0.1, 0.15) is 6.54 Å². The quantitative estimate of drug-likeness (QED) is 0.449. The summed E-state index contributed by atoms with van der Waals surface area (Å²) in [6.07, 6.45) is 4.15. The summed E-state index contributed by atoms with van der Waals surface area (Å²) in [7, 11) is 0. The van der Waals surface area contributed by atoms with Gasteiger partial charge in [-0.1, -0.05) is 0 Å². The number of nitrogens with zero attached hydrogens (tertiary/aromatic N) is 3. The fourth-order valence-electron chi connectivity index (χ4n) is 3.11. The zero-order valence-electron chi connectivity index (χ0n) is 14.6. The first kappa shape index (κ1) is 19.6. The van der Waals surface area contributed by atoms with Gasteiger partial charge in [0.15, 0.2) is 0 Å². The fraction of sp³-hybridized carbons (Fsp3) is 0.562. The molecule has 1 aromatic heterocycles. The SMILES string of the molecule is CCOC(=O)CNc1ncc(CN2C[C@@H]3CC(=O)N[C@@H]3C2)cn1.O=CO.